The van der Waals surface area contributed by atoms with E-state index in [0.29, 0.717) is 11.5 Å². The number of rotatable bonds is 8. The SMILES string of the molecule is CCCNC(CCc1ccco1)CCC(C)(C)C. The maximum atomic E-state index is 5.41. The molecule has 18 heavy (non-hydrogen) atoms. The maximum Gasteiger partial charge on any atom is 0.103 e. The first-order chi connectivity index (χ1) is 8.51. The number of aryl methyl sites for hydroxylation is 1. The van der Waals surface area contributed by atoms with Crippen LogP contribution in [-0.2, 0) is 6.42 Å². The lowest BCUT2D eigenvalue weighted by atomic mass is 9.87. The fraction of sp³-hybridized carbons (Fsp3) is 0.750. The van der Waals surface area contributed by atoms with E-state index < -0.39 is 0 Å². The highest BCUT2D eigenvalue weighted by Gasteiger charge is 2.15. The monoisotopic (exact) mass is 251 g/mol. The van der Waals surface area contributed by atoms with Crippen LogP contribution in [0.3, 0.4) is 0 Å². The molecule has 2 heteroatoms. The van der Waals surface area contributed by atoms with Crippen LogP contribution in [0.2, 0.25) is 0 Å². The molecule has 1 aromatic rings. The van der Waals surface area contributed by atoms with Crippen molar-refractivity contribution >= 4 is 0 Å². The van der Waals surface area contributed by atoms with Crippen molar-refractivity contribution in [1.82, 2.24) is 5.32 Å². The van der Waals surface area contributed by atoms with E-state index in [4.69, 9.17) is 4.42 Å². The Kier molecular flexibility index (Phi) is 6.48. The summed E-state index contributed by atoms with van der Waals surface area (Å²) < 4.78 is 5.41. The molecule has 1 N–H and O–H groups in total. The van der Waals surface area contributed by atoms with Crippen LogP contribution in [0.4, 0.5) is 0 Å². The van der Waals surface area contributed by atoms with Crippen molar-refractivity contribution in [3.63, 3.8) is 0 Å². The van der Waals surface area contributed by atoms with Gasteiger partial charge < -0.3 is 9.73 Å². The second-order valence-corrected chi connectivity index (χ2v) is 6.37. The van der Waals surface area contributed by atoms with Crippen LogP contribution >= 0.6 is 0 Å². The molecule has 0 fully saturated rings. The van der Waals surface area contributed by atoms with Crippen LogP contribution in [0.25, 0.3) is 0 Å². The minimum atomic E-state index is 0.427. The Morgan fingerprint density at radius 3 is 2.61 bits per heavy atom. The lowest BCUT2D eigenvalue weighted by molar-refractivity contribution is 0.320. The Hall–Kier alpha value is -0.760. The molecule has 0 aliphatic rings. The van der Waals surface area contributed by atoms with Gasteiger partial charge in [0.2, 0.25) is 0 Å². The molecule has 0 aliphatic carbocycles. The van der Waals surface area contributed by atoms with E-state index in [9.17, 15) is 0 Å². The Bertz CT molecular complexity index is 297. The zero-order valence-corrected chi connectivity index (χ0v) is 12.5. The standard InChI is InChI=1S/C16H29NO/c1-5-12-17-14(10-11-16(2,3)4)8-9-15-7-6-13-18-15/h6-7,13-14,17H,5,8-12H2,1-4H3. The molecule has 0 amide bonds. The van der Waals surface area contributed by atoms with Gasteiger partial charge in [-0.2, -0.15) is 0 Å². The predicted octanol–water partition coefficient (Wildman–Crippen LogP) is 4.41. The smallest absolute Gasteiger partial charge is 0.103 e. The van der Waals surface area contributed by atoms with Crippen molar-refractivity contribution in [2.75, 3.05) is 6.54 Å². The number of hydrogen-bond donors (Lipinski definition) is 1. The molecule has 2 nitrogen and oxygen atoms in total. The summed E-state index contributed by atoms with van der Waals surface area (Å²) in [5.74, 6) is 1.11. The number of furan rings is 1. The van der Waals surface area contributed by atoms with Crippen LogP contribution in [0, 0.1) is 5.41 Å². The first-order valence-electron chi connectivity index (χ1n) is 7.27. The molecular formula is C16H29NO. The fourth-order valence-electron chi connectivity index (χ4n) is 2.08. The summed E-state index contributed by atoms with van der Waals surface area (Å²) in [5, 5.41) is 3.66. The molecule has 1 rings (SSSR count). The molecule has 1 aromatic heterocycles. The van der Waals surface area contributed by atoms with Crippen LogP contribution in [0.15, 0.2) is 22.8 Å². The van der Waals surface area contributed by atoms with Gasteiger partial charge in [0.1, 0.15) is 5.76 Å². The molecule has 1 atom stereocenters. The van der Waals surface area contributed by atoms with Crippen molar-refractivity contribution < 1.29 is 4.42 Å². The van der Waals surface area contributed by atoms with E-state index in [-0.39, 0.29) is 0 Å². The molecule has 0 saturated heterocycles. The molecular weight excluding hydrogens is 222 g/mol. The average Bonchev–Trinajstić information content (AvgIpc) is 2.79. The molecule has 0 aromatic carbocycles. The molecule has 1 heterocycles. The van der Waals surface area contributed by atoms with Gasteiger partial charge in [-0.15, -0.1) is 0 Å². The van der Waals surface area contributed by atoms with E-state index in [1.165, 1.54) is 25.7 Å². The largest absolute Gasteiger partial charge is 0.469 e. The Morgan fingerprint density at radius 1 is 1.28 bits per heavy atom. The van der Waals surface area contributed by atoms with Gasteiger partial charge in [-0.3, -0.25) is 0 Å². The molecule has 0 bridgehead atoms. The van der Waals surface area contributed by atoms with Crippen molar-refractivity contribution in [3.8, 4) is 0 Å². The Labute approximate surface area is 112 Å². The van der Waals surface area contributed by atoms with E-state index in [0.717, 1.165) is 18.7 Å². The van der Waals surface area contributed by atoms with Gasteiger partial charge >= 0.3 is 0 Å². The van der Waals surface area contributed by atoms with E-state index >= 15 is 0 Å². The van der Waals surface area contributed by atoms with E-state index in [2.05, 4.69) is 39.1 Å². The fourth-order valence-corrected chi connectivity index (χ4v) is 2.08. The van der Waals surface area contributed by atoms with E-state index in [1.807, 2.05) is 6.07 Å². The lowest BCUT2D eigenvalue weighted by Gasteiger charge is -2.24. The van der Waals surface area contributed by atoms with Crippen molar-refractivity contribution in [2.24, 2.45) is 5.41 Å². The third-order valence-electron chi connectivity index (χ3n) is 3.25. The third-order valence-corrected chi connectivity index (χ3v) is 3.25. The summed E-state index contributed by atoms with van der Waals surface area (Å²) in [6.45, 7) is 10.3. The van der Waals surface area contributed by atoms with Crippen LogP contribution in [-0.4, -0.2) is 12.6 Å². The molecule has 0 aliphatic heterocycles. The molecule has 0 saturated carbocycles. The first-order valence-corrected chi connectivity index (χ1v) is 7.27. The first kappa shape index (κ1) is 15.3. The minimum absolute atomic E-state index is 0.427. The topological polar surface area (TPSA) is 25.2 Å². The van der Waals surface area contributed by atoms with Crippen LogP contribution in [0.5, 0.6) is 0 Å². The normalized spacial score (nSPS) is 13.8. The van der Waals surface area contributed by atoms with Gasteiger partial charge in [0, 0.05) is 12.5 Å². The van der Waals surface area contributed by atoms with Crippen molar-refractivity contribution in [1.29, 1.82) is 0 Å². The predicted molar refractivity (Wildman–Crippen MR) is 77.8 cm³/mol. The Balaban J connectivity index is 2.34. The van der Waals surface area contributed by atoms with Gasteiger partial charge in [-0.25, -0.2) is 0 Å². The summed E-state index contributed by atoms with van der Waals surface area (Å²) in [7, 11) is 0. The van der Waals surface area contributed by atoms with Crippen LogP contribution in [0.1, 0.15) is 59.1 Å². The second kappa shape index (κ2) is 7.63. The summed E-state index contributed by atoms with van der Waals surface area (Å²) in [5.41, 5.74) is 0.427. The van der Waals surface area contributed by atoms with Gasteiger partial charge in [-0.1, -0.05) is 27.7 Å². The zero-order chi connectivity index (χ0) is 13.4. The number of nitrogens with one attached hydrogen (secondary N) is 1. The van der Waals surface area contributed by atoms with Crippen molar-refractivity contribution in [3.05, 3.63) is 24.2 Å². The van der Waals surface area contributed by atoms with E-state index in [1.54, 1.807) is 6.26 Å². The quantitative estimate of drug-likeness (QED) is 0.740. The second-order valence-electron chi connectivity index (χ2n) is 6.37. The number of hydrogen-bond acceptors (Lipinski definition) is 2. The van der Waals surface area contributed by atoms with Gasteiger partial charge in [0.25, 0.3) is 0 Å². The van der Waals surface area contributed by atoms with Gasteiger partial charge in [0.15, 0.2) is 0 Å². The zero-order valence-electron chi connectivity index (χ0n) is 12.5. The summed E-state index contributed by atoms with van der Waals surface area (Å²) in [6, 6.07) is 4.66. The summed E-state index contributed by atoms with van der Waals surface area (Å²) in [6.07, 6.45) is 7.70. The molecule has 0 radical (unpaired) electrons. The molecule has 1 unspecified atom stereocenters. The third kappa shape index (κ3) is 6.85. The highest BCUT2D eigenvalue weighted by Crippen LogP contribution is 2.23. The highest BCUT2D eigenvalue weighted by atomic mass is 16.3. The average molecular weight is 251 g/mol. The lowest BCUT2D eigenvalue weighted by Crippen LogP contribution is -2.31. The molecule has 0 spiro atoms. The van der Waals surface area contributed by atoms with Crippen molar-refractivity contribution in [2.45, 2.75) is 65.8 Å². The van der Waals surface area contributed by atoms with Gasteiger partial charge in [0.05, 0.1) is 6.26 Å². The maximum absolute atomic E-state index is 5.41. The summed E-state index contributed by atoms with van der Waals surface area (Å²) in [4.78, 5) is 0. The van der Waals surface area contributed by atoms with Crippen LogP contribution < -0.4 is 5.32 Å². The highest BCUT2D eigenvalue weighted by molar-refractivity contribution is 4.98. The summed E-state index contributed by atoms with van der Waals surface area (Å²) >= 11 is 0. The molecule has 104 valence electrons. The minimum Gasteiger partial charge on any atom is -0.469 e. The van der Waals surface area contributed by atoms with Gasteiger partial charge in [-0.05, 0) is 49.8 Å². The Morgan fingerprint density at radius 2 is 2.06 bits per heavy atom.